The first-order valence-corrected chi connectivity index (χ1v) is 10.4. The van der Waals surface area contributed by atoms with E-state index in [9.17, 15) is 0 Å². The highest BCUT2D eigenvalue weighted by molar-refractivity contribution is 5.86. The van der Waals surface area contributed by atoms with Crippen molar-refractivity contribution in [3.63, 3.8) is 0 Å². The maximum Gasteiger partial charge on any atom is 0.227 e. The Labute approximate surface area is 176 Å². The molecule has 0 spiro atoms. The molecule has 0 radical (unpaired) electrons. The van der Waals surface area contributed by atoms with Crippen LogP contribution in [0.5, 0.6) is 5.75 Å². The number of ether oxygens (including phenoxy) is 1. The lowest BCUT2D eigenvalue weighted by Gasteiger charge is -2.17. The Balaban J connectivity index is 1.23. The standard InChI is InChI=1S/C24H25N5O/c1-30-22-6-2-17(3-7-22)12-18-9-11-29(16-18)24-26-10-8-23(28-24)27-21-5-4-19-14-25-15-20(19)13-21/h2-8,10,13,15,18H,9,11-12,14,16H2,1H3,(H,26,27,28)/t18-/m0/s1. The monoisotopic (exact) mass is 399 g/mol. The molecule has 1 saturated heterocycles. The van der Waals surface area contributed by atoms with Crippen LogP contribution >= 0.6 is 0 Å². The van der Waals surface area contributed by atoms with Gasteiger partial charge >= 0.3 is 0 Å². The van der Waals surface area contributed by atoms with Crippen LogP contribution in [0.1, 0.15) is 23.1 Å². The zero-order chi connectivity index (χ0) is 20.3. The van der Waals surface area contributed by atoms with Crippen LogP contribution < -0.4 is 15.0 Å². The zero-order valence-electron chi connectivity index (χ0n) is 17.1. The third-order valence-corrected chi connectivity index (χ3v) is 5.81. The fourth-order valence-electron chi connectivity index (χ4n) is 4.17. The van der Waals surface area contributed by atoms with Crippen molar-refractivity contribution in [3.8, 4) is 5.75 Å². The van der Waals surface area contributed by atoms with Gasteiger partial charge in [0.15, 0.2) is 0 Å². The normalized spacial score (nSPS) is 17.2. The van der Waals surface area contributed by atoms with E-state index in [0.717, 1.165) is 55.7 Å². The summed E-state index contributed by atoms with van der Waals surface area (Å²) in [5, 5.41) is 3.41. The summed E-state index contributed by atoms with van der Waals surface area (Å²) in [5.74, 6) is 3.11. The van der Waals surface area contributed by atoms with E-state index >= 15 is 0 Å². The number of nitrogens with one attached hydrogen (secondary N) is 1. The molecule has 5 rings (SSSR count). The minimum absolute atomic E-state index is 0.606. The Morgan fingerprint density at radius 2 is 2.03 bits per heavy atom. The van der Waals surface area contributed by atoms with Crippen molar-refractivity contribution >= 4 is 23.7 Å². The van der Waals surface area contributed by atoms with Crippen molar-refractivity contribution in [2.24, 2.45) is 10.9 Å². The number of anilines is 3. The Morgan fingerprint density at radius 1 is 1.13 bits per heavy atom. The van der Waals surface area contributed by atoms with Crippen LogP contribution in [0.4, 0.5) is 17.5 Å². The van der Waals surface area contributed by atoms with E-state index in [2.05, 4.69) is 50.5 Å². The van der Waals surface area contributed by atoms with Crippen molar-refractivity contribution in [2.75, 3.05) is 30.4 Å². The lowest BCUT2D eigenvalue weighted by Crippen LogP contribution is -2.22. The molecule has 0 saturated carbocycles. The molecular formula is C24H25N5O. The second-order valence-electron chi connectivity index (χ2n) is 7.90. The SMILES string of the molecule is COc1ccc(C[C@@H]2CCN(c3nccc(Nc4ccc5c(c4)C=NC5)n3)C2)cc1. The topological polar surface area (TPSA) is 62.6 Å². The van der Waals surface area contributed by atoms with Gasteiger partial charge in [-0.25, -0.2) is 4.98 Å². The molecule has 30 heavy (non-hydrogen) atoms. The van der Waals surface area contributed by atoms with Gasteiger partial charge in [-0.1, -0.05) is 18.2 Å². The van der Waals surface area contributed by atoms with Crippen LogP contribution in [0.2, 0.25) is 0 Å². The van der Waals surface area contributed by atoms with Crippen molar-refractivity contribution in [2.45, 2.75) is 19.4 Å². The Morgan fingerprint density at radius 3 is 2.90 bits per heavy atom. The van der Waals surface area contributed by atoms with E-state index in [1.165, 1.54) is 16.7 Å². The number of fused-ring (bicyclic) bond motifs is 1. The highest BCUT2D eigenvalue weighted by Gasteiger charge is 2.24. The predicted molar refractivity (Wildman–Crippen MR) is 120 cm³/mol. The van der Waals surface area contributed by atoms with Gasteiger partial charge in [-0.2, -0.15) is 4.98 Å². The molecule has 1 fully saturated rings. The van der Waals surface area contributed by atoms with Crippen molar-refractivity contribution in [1.29, 1.82) is 0 Å². The summed E-state index contributed by atoms with van der Waals surface area (Å²) in [6.45, 7) is 2.74. The largest absolute Gasteiger partial charge is 0.497 e. The van der Waals surface area contributed by atoms with Crippen molar-refractivity contribution in [3.05, 3.63) is 71.4 Å². The summed E-state index contributed by atoms with van der Waals surface area (Å²) in [4.78, 5) is 15.9. The van der Waals surface area contributed by atoms with E-state index in [1.54, 1.807) is 7.11 Å². The van der Waals surface area contributed by atoms with Crippen molar-refractivity contribution < 1.29 is 4.74 Å². The molecule has 1 aromatic heterocycles. The van der Waals surface area contributed by atoms with Gasteiger partial charge < -0.3 is 15.0 Å². The molecular weight excluding hydrogens is 374 g/mol. The maximum atomic E-state index is 5.25. The molecule has 3 aromatic rings. The first-order chi connectivity index (χ1) is 14.8. The minimum Gasteiger partial charge on any atom is -0.497 e. The number of aliphatic imine (C=N–C) groups is 1. The Bertz CT molecular complexity index is 1060. The number of benzene rings is 2. The van der Waals surface area contributed by atoms with Gasteiger partial charge in [-0.05, 0) is 65.8 Å². The van der Waals surface area contributed by atoms with Gasteiger partial charge in [-0.3, -0.25) is 4.99 Å². The van der Waals surface area contributed by atoms with E-state index in [1.807, 2.05) is 30.6 Å². The van der Waals surface area contributed by atoms with E-state index in [0.29, 0.717) is 5.92 Å². The summed E-state index contributed by atoms with van der Waals surface area (Å²) in [5.41, 5.74) is 4.81. The number of hydrogen-bond acceptors (Lipinski definition) is 6. The highest BCUT2D eigenvalue weighted by Crippen LogP contribution is 2.26. The first-order valence-electron chi connectivity index (χ1n) is 10.4. The fourth-order valence-corrected chi connectivity index (χ4v) is 4.17. The smallest absolute Gasteiger partial charge is 0.227 e. The number of nitrogens with zero attached hydrogens (tertiary/aromatic N) is 4. The third-order valence-electron chi connectivity index (χ3n) is 5.81. The average Bonchev–Trinajstić information content (AvgIpc) is 3.44. The van der Waals surface area contributed by atoms with E-state index in [-0.39, 0.29) is 0 Å². The first kappa shape index (κ1) is 18.6. The Kier molecular flexibility index (Phi) is 5.05. The minimum atomic E-state index is 0.606. The maximum absolute atomic E-state index is 5.25. The molecule has 152 valence electrons. The number of aromatic nitrogens is 2. The molecule has 0 amide bonds. The quantitative estimate of drug-likeness (QED) is 0.672. The molecule has 1 atom stereocenters. The third kappa shape index (κ3) is 3.99. The van der Waals surface area contributed by atoms with Gasteiger partial charge in [0.2, 0.25) is 5.95 Å². The molecule has 3 heterocycles. The van der Waals surface area contributed by atoms with Crippen LogP contribution in [0, 0.1) is 5.92 Å². The average molecular weight is 399 g/mol. The van der Waals surface area contributed by atoms with E-state index < -0.39 is 0 Å². The second kappa shape index (κ2) is 8.14. The highest BCUT2D eigenvalue weighted by atomic mass is 16.5. The van der Waals surface area contributed by atoms with Crippen LogP contribution in [-0.4, -0.2) is 36.4 Å². The van der Waals surface area contributed by atoms with Gasteiger partial charge in [0, 0.05) is 31.2 Å². The van der Waals surface area contributed by atoms with Crippen LogP contribution in [0.3, 0.4) is 0 Å². The molecule has 6 nitrogen and oxygen atoms in total. The van der Waals surface area contributed by atoms with Gasteiger partial charge in [-0.15, -0.1) is 0 Å². The molecule has 2 aliphatic rings. The lowest BCUT2D eigenvalue weighted by molar-refractivity contribution is 0.414. The molecule has 2 aliphatic heterocycles. The summed E-state index contributed by atoms with van der Waals surface area (Å²) >= 11 is 0. The molecule has 6 heteroatoms. The summed E-state index contributed by atoms with van der Waals surface area (Å²) in [6.07, 6.45) is 5.97. The molecule has 0 bridgehead atoms. The van der Waals surface area contributed by atoms with Gasteiger partial charge in [0.25, 0.3) is 0 Å². The predicted octanol–water partition coefficient (Wildman–Crippen LogP) is 4.23. The second-order valence-corrected chi connectivity index (χ2v) is 7.90. The fraction of sp³-hybridized carbons (Fsp3) is 0.292. The molecule has 0 unspecified atom stereocenters. The lowest BCUT2D eigenvalue weighted by atomic mass is 9.99. The summed E-state index contributed by atoms with van der Waals surface area (Å²) < 4.78 is 5.25. The number of hydrogen-bond donors (Lipinski definition) is 1. The Hall–Kier alpha value is -3.41. The zero-order valence-corrected chi connectivity index (χ0v) is 17.1. The van der Waals surface area contributed by atoms with Crippen LogP contribution in [-0.2, 0) is 13.0 Å². The van der Waals surface area contributed by atoms with Gasteiger partial charge in [0.1, 0.15) is 11.6 Å². The van der Waals surface area contributed by atoms with Crippen LogP contribution in [0.15, 0.2) is 59.7 Å². The number of methoxy groups -OCH3 is 1. The molecule has 2 aromatic carbocycles. The van der Waals surface area contributed by atoms with Gasteiger partial charge in [0.05, 0.1) is 13.7 Å². The summed E-state index contributed by atoms with van der Waals surface area (Å²) in [7, 11) is 1.70. The summed E-state index contributed by atoms with van der Waals surface area (Å²) in [6, 6.07) is 16.6. The molecule has 0 aliphatic carbocycles. The van der Waals surface area contributed by atoms with Crippen LogP contribution in [0.25, 0.3) is 0 Å². The van der Waals surface area contributed by atoms with Crippen molar-refractivity contribution in [1.82, 2.24) is 9.97 Å². The van der Waals surface area contributed by atoms with E-state index in [4.69, 9.17) is 9.72 Å². The number of rotatable bonds is 6. The molecule has 1 N–H and O–H groups in total.